The Morgan fingerprint density at radius 2 is 2.08 bits per heavy atom. The second kappa shape index (κ2) is 7.59. The minimum atomic E-state index is -0.470. The standard InChI is InChI=1S/C16H14Cl2N6O2/c1-24-8-20-15(23-24)9-4-3-5-12(14(9)26-2)21-22-16(25)10-7-19-13(18)6-11(10)17/h3-8,21H,1-2H3,(H,22,25). The molecular weight excluding hydrogens is 379 g/mol. The Hall–Kier alpha value is -2.84. The molecule has 26 heavy (non-hydrogen) atoms. The van der Waals surface area contributed by atoms with Crippen LogP contribution >= 0.6 is 23.2 Å². The van der Waals surface area contributed by atoms with Crippen LogP contribution in [-0.4, -0.2) is 32.8 Å². The highest BCUT2D eigenvalue weighted by molar-refractivity contribution is 6.36. The summed E-state index contributed by atoms with van der Waals surface area (Å²) in [6.45, 7) is 0. The summed E-state index contributed by atoms with van der Waals surface area (Å²) >= 11 is 11.8. The third-order valence-corrected chi connectivity index (χ3v) is 3.95. The molecule has 8 nitrogen and oxygen atoms in total. The molecular formula is C16H14Cl2N6O2. The molecule has 0 atom stereocenters. The van der Waals surface area contributed by atoms with E-state index in [1.807, 2.05) is 6.07 Å². The Morgan fingerprint density at radius 1 is 1.27 bits per heavy atom. The van der Waals surface area contributed by atoms with E-state index in [1.165, 1.54) is 19.4 Å². The van der Waals surface area contributed by atoms with E-state index >= 15 is 0 Å². The van der Waals surface area contributed by atoms with Crippen LogP contribution in [0, 0.1) is 0 Å². The number of nitrogens with zero attached hydrogens (tertiary/aromatic N) is 4. The molecule has 0 unspecified atom stereocenters. The lowest BCUT2D eigenvalue weighted by molar-refractivity contribution is 0.0962. The highest BCUT2D eigenvalue weighted by atomic mass is 35.5. The van der Waals surface area contributed by atoms with Crippen molar-refractivity contribution in [1.82, 2.24) is 25.2 Å². The monoisotopic (exact) mass is 392 g/mol. The number of hydrazine groups is 1. The number of nitrogens with one attached hydrogen (secondary N) is 2. The number of anilines is 1. The lowest BCUT2D eigenvalue weighted by atomic mass is 10.1. The highest BCUT2D eigenvalue weighted by Crippen LogP contribution is 2.34. The van der Waals surface area contributed by atoms with Crippen LogP contribution in [0.3, 0.4) is 0 Å². The molecule has 1 amide bonds. The van der Waals surface area contributed by atoms with Crippen molar-refractivity contribution in [3.05, 3.63) is 52.5 Å². The van der Waals surface area contributed by atoms with E-state index in [-0.39, 0.29) is 15.7 Å². The lowest BCUT2D eigenvalue weighted by Crippen LogP contribution is -2.30. The Balaban J connectivity index is 1.83. The molecule has 0 fully saturated rings. The van der Waals surface area contributed by atoms with Gasteiger partial charge in [-0.25, -0.2) is 9.97 Å². The molecule has 0 aliphatic carbocycles. The first-order valence-electron chi connectivity index (χ1n) is 7.40. The molecule has 0 aliphatic rings. The largest absolute Gasteiger partial charge is 0.494 e. The minimum absolute atomic E-state index is 0.185. The van der Waals surface area contributed by atoms with Crippen molar-refractivity contribution in [1.29, 1.82) is 0 Å². The van der Waals surface area contributed by atoms with Crippen molar-refractivity contribution < 1.29 is 9.53 Å². The van der Waals surface area contributed by atoms with Gasteiger partial charge in [0, 0.05) is 13.2 Å². The molecule has 3 aromatic rings. The van der Waals surface area contributed by atoms with Crippen LogP contribution in [0.25, 0.3) is 11.4 Å². The SMILES string of the molecule is COc1c(NNC(=O)c2cnc(Cl)cc2Cl)cccc1-c1ncn(C)n1. The number of hydrogen-bond donors (Lipinski definition) is 2. The van der Waals surface area contributed by atoms with Crippen LogP contribution in [0.4, 0.5) is 5.69 Å². The van der Waals surface area contributed by atoms with Gasteiger partial charge in [-0.15, -0.1) is 0 Å². The fourth-order valence-corrected chi connectivity index (χ4v) is 2.71. The van der Waals surface area contributed by atoms with E-state index in [9.17, 15) is 4.79 Å². The van der Waals surface area contributed by atoms with Crippen LogP contribution in [-0.2, 0) is 7.05 Å². The number of aromatic nitrogens is 4. The summed E-state index contributed by atoms with van der Waals surface area (Å²) in [6, 6.07) is 6.75. The van der Waals surface area contributed by atoms with E-state index < -0.39 is 5.91 Å². The van der Waals surface area contributed by atoms with Gasteiger partial charge in [0.25, 0.3) is 5.91 Å². The van der Waals surface area contributed by atoms with Crippen molar-refractivity contribution >= 4 is 34.8 Å². The van der Waals surface area contributed by atoms with Crippen molar-refractivity contribution in [3.8, 4) is 17.1 Å². The van der Waals surface area contributed by atoms with Crippen molar-refractivity contribution in [2.75, 3.05) is 12.5 Å². The van der Waals surface area contributed by atoms with Gasteiger partial charge >= 0.3 is 0 Å². The van der Waals surface area contributed by atoms with Gasteiger partial charge < -0.3 is 4.74 Å². The minimum Gasteiger partial charge on any atom is -0.494 e. The number of hydrogen-bond acceptors (Lipinski definition) is 6. The summed E-state index contributed by atoms with van der Waals surface area (Å²) in [7, 11) is 3.30. The molecule has 3 rings (SSSR count). The molecule has 0 saturated carbocycles. The van der Waals surface area contributed by atoms with Crippen LogP contribution in [0.15, 0.2) is 36.8 Å². The van der Waals surface area contributed by atoms with E-state index in [0.717, 1.165) is 0 Å². The van der Waals surface area contributed by atoms with E-state index in [1.54, 1.807) is 30.2 Å². The Kier molecular flexibility index (Phi) is 5.24. The van der Waals surface area contributed by atoms with Gasteiger partial charge in [-0.1, -0.05) is 29.3 Å². The normalized spacial score (nSPS) is 10.5. The number of methoxy groups -OCH3 is 1. The predicted molar refractivity (Wildman–Crippen MR) is 98.3 cm³/mol. The Bertz CT molecular complexity index is 960. The fourth-order valence-electron chi connectivity index (χ4n) is 2.26. The maximum atomic E-state index is 12.3. The number of para-hydroxylation sites is 1. The zero-order valence-corrected chi connectivity index (χ0v) is 15.3. The summed E-state index contributed by atoms with van der Waals surface area (Å²) in [4.78, 5) is 20.4. The summed E-state index contributed by atoms with van der Waals surface area (Å²) in [5, 5.41) is 4.67. The van der Waals surface area contributed by atoms with Crippen LogP contribution < -0.4 is 15.6 Å². The van der Waals surface area contributed by atoms with E-state index in [4.69, 9.17) is 27.9 Å². The Labute approximate surface area is 159 Å². The number of benzene rings is 1. The van der Waals surface area contributed by atoms with Crippen molar-refractivity contribution in [3.63, 3.8) is 0 Å². The molecule has 2 aromatic heterocycles. The second-order valence-corrected chi connectivity index (χ2v) is 5.99. The van der Waals surface area contributed by atoms with Crippen molar-refractivity contribution in [2.45, 2.75) is 0 Å². The number of amides is 1. The van der Waals surface area contributed by atoms with Gasteiger partial charge in [0.2, 0.25) is 0 Å². The molecule has 134 valence electrons. The molecule has 1 aromatic carbocycles. The van der Waals surface area contributed by atoms with Gasteiger partial charge in [0.1, 0.15) is 11.5 Å². The summed E-state index contributed by atoms with van der Waals surface area (Å²) in [6.07, 6.45) is 2.89. The van der Waals surface area contributed by atoms with Crippen LogP contribution in [0.1, 0.15) is 10.4 Å². The summed E-state index contributed by atoms with van der Waals surface area (Å²) < 4.78 is 7.05. The molecule has 2 N–H and O–H groups in total. The van der Waals surface area contributed by atoms with Gasteiger partial charge in [-0.05, 0) is 18.2 Å². The van der Waals surface area contributed by atoms with Gasteiger partial charge in [-0.3, -0.25) is 20.3 Å². The molecule has 0 bridgehead atoms. The number of aryl methyl sites for hydroxylation is 1. The number of pyridine rings is 1. The number of rotatable bonds is 5. The maximum absolute atomic E-state index is 12.3. The molecule has 2 heterocycles. The first-order valence-corrected chi connectivity index (χ1v) is 8.15. The smallest absolute Gasteiger partial charge is 0.272 e. The number of halogens is 2. The van der Waals surface area contributed by atoms with Gasteiger partial charge in [0.15, 0.2) is 11.6 Å². The zero-order chi connectivity index (χ0) is 18.7. The zero-order valence-electron chi connectivity index (χ0n) is 13.8. The molecule has 0 radical (unpaired) electrons. The average molecular weight is 393 g/mol. The number of ether oxygens (including phenoxy) is 1. The fraction of sp³-hybridized carbons (Fsp3) is 0.125. The van der Waals surface area contributed by atoms with Crippen LogP contribution in [0.2, 0.25) is 10.2 Å². The predicted octanol–water partition coefficient (Wildman–Crippen LogP) is 2.95. The van der Waals surface area contributed by atoms with E-state index in [0.29, 0.717) is 22.8 Å². The first kappa shape index (κ1) is 18.0. The van der Waals surface area contributed by atoms with Gasteiger partial charge in [-0.2, -0.15) is 5.10 Å². The molecule has 10 heteroatoms. The number of carbonyl (C=O) groups excluding carboxylic acids is 1. The van der Waals surface area contributed by atoms with Crippen molar-refractivity contribution in [2.24, 2.45) is 7.05 Å². The lowest BCUT2D eigenvalue weighted by Gasteiger charge is -2.14. The first-order chi connectivity index (χ1) is 12.5. The third kappa shape index (κ3) is 3.71. The second-order valence-electron chi connectivity index (χ2n) is 5.19. The molecule has 0 spiro atoms. The quantitative estimate of drug-likeness (QED) is 0.511. The number of carbonyl (C=O) groups is 1. The van der Waals surface area contributed by atoms with E-state index in [2.05, 4.69) is 25.9 Å². The highest BCUT2D eigenvalue weighted by Gasteiger charge is 2.16. The molecule has 0 aliphatic heterocycles. The summed E-state index contributed by atoms with van der Waals surface area (Å²) in [5.41, 5.74) is 6.76. The average Bonchev–Trinajstić information content (AvgIpc) is 3.05. The summed E-state index contributed by atoms with van der Waals surface area (Å²) in [5.74, 6) is 0.520. The molecule has 0 saturated heterocycles. The third-order valence-electron chi connectivity index (χ3n) is 3.44. The van der Waals surface area contributed by atoms with Gasteiger partial charge in [0.05, 0.1) is 28.9 Å². The maximum Gasteiger partial charge on any atom is 0.272 e. The topological polar surface area (TPSA) is 94.0 Å². The van der Waals surface area contributed by atoms with Crippen LogP contribution in [0.5, 0.6) is 5.75 Å². The Morgan fingerprint density at radius 3 is 2.73 bits per heavy atom.